The summed E-state index contributed by atoms with van der Waals surface area (Å²) in [6.45, 7) is 3.44. The van der Waals surface area contributed by atoms with Gasteiger partial charge in [-0.1, -0.05) is 23.9 Å². The van der Waals surface area contributed by atoms with Gasteiger partial charge in [0.05, 0.1) is 20.0 Å². The van der Waals surface area contributed by atoms with Gasteiger partial charge in [-0.15, -0.1) is 10.2 Å². The Balaban J connectivity index is 1.49. The number of aromatic nitrogens is 3. The highest BCUT2D eigenvalue weighted by Crippen LogP contribution is 2.20. The fraction of sp³-hybridized carbons (Fsp3) is 0.318. The molecule has 0 saturated heterocycles. The van der Waals surface area contributed by atoms with Crippen LogP contribution in [0.5, 0.6) is 17.2 Å². The summed E-state index contributed by atoms with van der Waals surface area (Å²) in [7, 11) is 3.25. The Labute approximate surface area is 185 Å². The van der Waals surface area contributed by atoms with Crippen LogP contribution in [0.3, 0.4) is 0 Å². The standard InChI is InChI=1S/C22H26N4O4S/c1-4-26-20(14-30-19-11-9-18(29-3)10-12-19)24-25-22(26)31-15-21(27)23-13-16-5-7-17(28-2)8-6-16/h5-12H,4,13-15H2,1-3H3,(H,23,27). The van der Waals surface area contributed by atoms with Crippen molar-refractivity contribution < 1.29 is 19.0 Å². The summed E-state index contributed by atoms with van der Waals surface area (Å²) in [6, 6.07) is 15.0. The first-order valence-corrected chi connectivity index (χ1v) is 10.8. The van der Waals surface area contributed by atoms with Gasteiger partial charge in [0.25, 0.3) is 0 Å². The predicted octanol–water partition coefficient (Wildman–Crippen LogP) is 3.30. The van der Waals surface area contributed by atoms with Gasteiger partial charge >= 0.3 is 0 Å². The summed E-state index contributed by atoms with van der Waals surface area (Å²) in [5.41, 5.74) is 1.01. The number of rotatable bonds is 11. The number of carbonyl (C=O) groups is 1. The summed E-state index contributed by atoms with van der Waals surface area (Å²) >= 11 is 1.35. The van der Waals surface area contributed by atoms with Gasteiger partial charge in [0.15, 0.2) is 11.0 Å². The maximum atomic E-state index is 12.2. The summed E-state index contributed by atoms with van der Waals surface area (Å²) in [5, 5.41) is 12.0. The third kappa shape index (κ3) is 6.39. The minimum Gasteiger partial charge on any atom is -0.497 e. The fourth-order valence-electron chi connectivity index (χ4n) is 2.80. The number of amides is 1. The number of thioether (sulfide) groups is 1. The Hall–Kier alpha value is -3.20. The Morgan fingerprint density at radius 2 is 1.58 bits per heavy atom. The molecule has 1 heterocycles. The number of ether oxygens (including phenoxy) is 3. The lowest BCUT2D eigenvalue weighted by Gasteiger charge is -2.09. The maximum Gasteiger partial charge on any atom is 0.230 e. The first-order valence-electron chi connectivity index (χ1n) is 9.84. The highest BCUT2D eigenvalue weighted by atomic mass is 32.2. The van der Waals surface area contributed by atoms with E-state index >= 15 is 0 Å². The van der Waals surface area contributed by atoms with E-state index in [9.17, 15) is 4.79 Å². The molecule has 0 aliphatic carbocycles. The van der Waals surface area contributed by atoms with Crippen molar-refractivity contribution in [3.8, 4) is 17.2 Å². The summed E-state index contributed by atoms with van der Waals surface area (Å²) < 4.78 is 18.0. The van der Waals surface area contributed by atoms with Crippen molar-refractivity contribution in [3.05, 3.63) is 59.9 Å². The van der Waals surface area contributed by atoms with Gasteiger partial charge in [0, 0.05) is 13.1 Å². The van der Waals surface area contributed by atoms with Crippen LogP contribution in [0.2, 0.25) is 0 Å². The smallest absolute Gasteiger partial charge is 0.230 e. The minimum atomic E-state index is -0.0671. The van der Waals surface area contributed by atoms with Crippen molar-refractivity contribution in [2.24, 2.45) is 0 Å². The highest BCUT2D eigenvalue weighted by Gasteiger charge is 2.14. The Morgan fingerprint density at radius 3 is 2.19 bits per heavy atom. The molecule has 8 nitrogen and oxygen atoms in total. The van der Waals surface area contributed by atoms with Crippen molar-refractivity contribution in [2.45, 2.75) is 31.8 Å². The number of methoxy groups -OCH3 is 2. The van der Waals surface area contributed by atoms with E-state index in [2.05, 4.69) is 15.5 Å². The average molecular weight is 443 g/mol. The number of hydrogen-bond donors (Lipinski definition) is 1. The molecule has 1 aromatic heterocycles. The molecule has 2 aromatic carbocycles. The van der Waals surface area contributed by atoms with Crippen LogP contribution in [0.1, 0.15) is 18.3 Å². The van der Waals surface area contributed by atoms with Gasteiger partial charge in [-0.05, 0) is 48.9 Å². The zero-order valence-corrected chi connectivity index (χ0v) is 18.6. The lowest BCUT2D eigenvalue weighted by molar-refractivity contribution is -0.118. The van der Waals surface area contributed by atoms with Crippen LogP contribution in [0, 0.1) is 0 Å². The molecule has 0 bridgehead atoms. The highest BCUT2D eigenvalue weighted by molar-refractivity contribution is 7.99. The minimum absolute atomic E-state index is 0.0671. The molecule has 0 fully saturated rings. The third-order valence-electron chi connectivity index (χ3n) is 4.52. The molecule has 0 atom stereocenters. The van der Waals surface area contributed by atoms with Gasteiger partial charge < -0.3 is 24.1 Å². The molecule has 9 heteroatoms. The number of nitrogens with one attached hydrogen (secondary N) is 1. The SMILES string of the molecule is CCn1c(COc2ccc(OC)cc2)nnc1SCC(=O)NCc1ccc(OC)cc1. The largest absolute Gasteiger partial charge is 0.497 e. The van der Waals surface area contributed by atoms with Crippen molar-refractivity contribution in [2.75, 3.05) is 20.0 Å². The van der Waals surface area contributed by atoms with Crippen LogP contribution in [0.25, 0.3) is 0 Å². The first kappa shape index (κ1) is 22.5. The van der Waals surface area contributed by atoms with E-state index in [0.717, 1.165) is 22.8 Å². The van der Waals surface area contributed by atoms with Crippen LogP contribution in [0.15, 0.2) is 53.7 Å². The van der Waals surface area contributed by atoms with Crippen LogP contribution in [-0.4, -0.2) is 40.6 Å². The van der Waals surface area contributed by atoms with Crippen LogP contribution < -0.4 is 19.5 Å². The monoisotopic (exact) mass is 442 g/mol. The number of nitrogens with zero attached hydrogens (tertiary/aromatic N) is 3. The maximum absolute atomic E-state index is 12.2. The summed E-state index contributed by atoms with van der Waals surface area (Å²) in [6.07, 6.45) is 0. The van der Waals surface area contributed by atoms with E-state index in [-0.39, 0.29) is 18.3 Å². The number of benzene rings is 2. The lowest BCUT2D eigenvalue weighted by Crippen LogP contribution is -2.24. The molecular weight excluding hydrogens is 416 g/mol. The quantitative estimate of drug-likeness (QED) is 0.456. The van der Waals surface area contributed by atoms with Gasteiger partial charge in [0.2, 0.25) is 5.91 Å². The molecule has 3 rings (SSSR count). The Bertz CT molecular complexity index is 974. The zero-order chi connectivity index (χ0) is 22.1. The third-order valence-corrected chi connectivity index (χ3v) is 5.48. The first-order chi connectivity index (χ1) is 15.1. The van der Waals surface area contributed by atoms with Gasteiger partial charge in [-0.2, -0.15) is 0 Å². The molecular formula is C22H26N4O4S. The van der Waals surface area contributed by atoms with Gasteiger partial charge in [0.1, 0.15) is 23.9 Å². The molecule has 1 N–H and O–H groups in total. The zero-order valence-electron chi connectivity index (χ0n) is 17.8. The van der Waals surface area contributed by atoms with Gasteiger partial charge in [-0.3, -0.25) is 4.79 Å². The molecule has 0 spiro atoms. The fourth-order valence-corrected chi connectivity index (χ4v) is 3.65. The molecule has 0 saturated carbocycles. The Morgan fingerprint density at radius 1 is 0.968 bits per heavy atom. The molecule has 3 aromatic rings. The van der Waals surface area contributed by atoms with Gasteiger partial charge in [-0.25, -0.2) is 0 Å². The second kappa shape index (κ2) is 11.3. The van der Waals surface area contributed by atoms with Crippen LogP contribution in [-0.2, 0) is 24.5 Å². The normalized spacial score (nSPS) is 10.5. The van der Waals surface area contributed by atoms with E-state index in [1.807, 2.05) is 60.0 Å². The van der Waals surface area contributed by atoms with Crippen LogP contribution in [0.4, 0.5) is 0 Å². The van der Waals surface area contributed by atoms with E-state index in [1.165, 1.54) is 11.8 Å². The molecule has 0 aliphatic rings. The number of carbonyl (C=O) groups excluding carboxylic acids is 1. The Kier molecular flexibility index (Phi) is 8.17. The van der Waals surface area contributed by atoms with Crippen LogP contribution >= 0.6 is 11.8 Å². The van der Waals surface area contributed by atoms with Crippen molar-refractivity contribution >= 4 is 17.7 Å². The van der Waals surface area contributed by atoms with E-state index in [0.29, 0.717) is 24.1 Å². The second-order valence-corrected chi connectivity index (χ2v) is 7.46. The molecule has 0 aliphatic heterocycles. The molecule has 0 unspecified atom stereocenters. The molecule has 0 radical (unpaired) electrons. The second-order valence-electron chi connectivity index (χ2n) is 6.52. The topological polar surface area (TPSA) is 87.5 Å². The molecule has 164 valence electrons. The van der Waals surface area contributed by atoms with E-state index in [1.54, 1.807) is 14.2 Å². The lowest BCUT2D eigenvalue weighted by atomic mass is 10.2. The molecule has 31 heavy (non-hydrogen) atoms. The average Bonchev–Trinajstić information content (AvgIpc) is 3.22. The predicted molar refractivity (Wildman–Crippen MR) is 119 cm³/mol. The van der Waals surface area contributed by atoms with Crippen molar-refractivity contribution in [1.82, 2.24) is 20.1 Å². The number of hydrogen-bond acceptors (Lipinski definition) is 7. The van der Waals surface area contributed by atoms with E-state index in [4.69, 9.17) is 14.2 Å². The van der Waals surface area contributed by atoms with Crippen molar-refractivity contribution in [1.29, 1.82) is 0 Å². The molecule has 1 amide bonds. The van der Waals surface area contributed by atoms with Crippen molar-refractivity contribution in [3.63, 3.8) is 0 Å². The van der Waals surface area contributed by atoms with E-state index < -0.39 is 0 Å². The summed E-state index contributed by atoms with van der Waals surface area (Å²) in [5.74, 6) is 3.18. The summed E-state index contributed by atoms with van der Waals surface area (Å²) in [4.78, 5) is 12.2.